The maximum absolute atomic E-state index is 5.69. The third-order valence-corrected chi connectivity index (χ3v) is 4.09. The molecule has 1 fully saturated rings. The molecule has 1 saturated heterocycles. The van der Waals surface area contributed by atoms with Gasteiger partial charge in [0.15, 0.2) is 0 Å². The number of hydrogen-bond acceptors (Lipinski definition) is 3. The molecule has 2 heterocycles. The fourth-order valence-electron chi connectivity index (χ4n) is 3.09. The summed E-state index contributed by atoms with van der Waals surface area (Å²) in [6, 6.07) is 7.29. The second-order valence-corrected chi connectivity index (χ2v) is 5.65. The van der Waals surface area contributed by atoms with Gasteiger partial charge in [0, 0.05) is 25.0 Å². The summed E-state index contributed by atoms with van der Waals surface area (Å²) in [6.45, 7) is 3.14. The highest BCUT2D eigenvalue weighted by Crippen LogP contribution is 2.33. The Bertz CT molecular complexity index is 427. The lowest BCUT2D eigenvalue weighted by molar-refractivity contribution is 0.160. The van der Waals surface area contributed by atoms with E-state index in [1.54, 1.807) is 0 Å². The Labute approximate surface area is 109 Å². The summed E-state index contributed by atoms with van der Waals surface area (Å²) >= 11 is 0. The van der Waals surface area contributed by atoms with Crippen LogP contribution in [-0.2, 0) is 6.42 Å². The van der Waals surface area contributed by atoms with Crippen molar-refractivity contribution < 1.29 is 4.74 Å². The molecule has 3 rings (SSSR count). The van der Waals surface area contributed by atoms with Crippen molar-refractivity contribution in [2.24, 2.45) is 5.92 Å². The Morgan fingerprint density at radius 1 is 1.33 bits per heavy atom. The second kappa shape index (κ2) is 4.90. The van der Waals surface area contributed by atoms with E-state index < -0.39 is 0 Å². The number of aryl methyl sites for hydroxylation is 1. The van der Waals surface area contributed by atoms with Crippen molar-refractivity contribution in [3.05, 3.63) is 29.3 Å². The Hall–Kier alpha value is -1.06. The predicted molar refractivity (Wildman–Crippen MR) is 73.0 cm³/mol. The van der Waals surface area contributed by atoms with E-state index >= 15 is 0 Å². The summed E-state index contributed by atoms with van der Waals surface area (Å²) in [6.07, 6.45) is 2.31. The lowest BCUT2D eigenvalue weighted by atomic mass is 9.86. The number of benzene rings is 1. The molecule has 0 amide bonds. The van der Waals surface area contributed by atoms with Gasteiger partial charge in [-0.3, -0.25) is 0 Å². The monoisotopic (exact) mass is 246 g/mol. The van der Waals surface area contributed by atoms with Crippen molar-refractivity contribution in [3.8, 4) is 5.75 Å². The standard InChI is InChI=1S/C15H22N2O/c1-17(2)15(13-9-16-10-13)12-5-6-14-11(8-12)4-3-7-18-14/h5-6,8,13,15-16H,3-4,7,9-10H2,1-2H3. The lowest BCUT2D eigenvalue weighted by Gasteiger charge is -2.39. The first-order chi connectivity index (χ1) is 8.75. The summed E-state index contributed by atoms with van der Waals surface area (Å²) < 4.78 is 5.69. The van der Waals surface area contributed by atoms with E-state index in [2.05, 4.69) is 42.5 Å². The molecule has 0 saturated carbocycles. The van der Waals surface area contributed by atoms with Crippen LogP contribution in [0.5, 0.6) is 5.75 Å². The zero-order valence-corrected chi connectivity index (χ0v) is 11.3. The molecule has 3 heteroatoms. The molecule has 0 spiro atoms. The van der Waals surface area contributed by atoms with Gasteiger partial charge in [-0.1, -0.05) is 12.1 Å². The van der Waals surface area contributed by atoms with E-state index in [9.17, 15) is 0 Å². The molecule has 18 heavy (non-hydrogen) atoms. The topological polar surface area (TPSA) is 24.5 Å². The highest BCUT2D eigenvalue weighted by Gasteiger charge is 2.30. The van der Waals surface area contributed by atoms with Crippen LogP contribution >= 0.6 is 0 Å². The van der Waals surface area contributed by atoms with E-state index in [-0.39, 0.29) is 0 Å². The molecule has 1 N–H and O–H groups in total. The smallest absolute Gasteiger partial charge is 0.122 e. The van der Waals surface area contributed by atoms with Crippen molar-refractivity contribution in [3.63, 3.8) is 0 Å². The highest BCUT2D eigenvalue weighted by molar-refractivity contribution is 5.40. The van der Waals surface area contributed by atoms with Gasteiger partial charge in [0.2, 0.25) is 0 Å². The maximum Gasteiger partial charge on any atom is 0.122 e. The molecule has 1 aromatic rings. The summed E-state index contributed by atoms with van der Waals surface area (Å²) in [5.41, 5.74) is 2.83. The van der Waals surface area contributed by atoms with E-state index in [4.69, 9.17) is 4.74 Å². The minimum atomic E-state index is 0.526. The first-order valence-corrected chi connectivity index (χ1v) is 6.88. The van der Waals surface area contributed by atoms with Gasteiger partial charge >= 0.3 is 0 Å². The third-order valence-electron chi connectivity index (χ3n) is 4.09. The van der Waals surface area contributed by atoms with Gasteiger partial charge in [0.05, 0.1) is 6.61 Å². The Balaban J connectivity index is 1.89. The van der Waals surface area contributed by atoms with Crippen LogP contribution in [0.2, 0.25) is 0 Å². The molecule has 0 radical (unpaired) electrons. The predicted octanol–water partition coefficient (Wildman–Crippen LogP) is 1.83. The van der Waals surface area contributed by atoms with Gasteiger partial charge in [-0.15, -0.1) is 0 Å². The zero-order valence-electron chi connectivity index (χ0n) is 11.3. The molecule has 0 bridgehead atoms. The average Bonchev–Trinajstić information content (AvgIpc) is 2.32. The van der Waals surface area contributed by atoms with Gasteiger partial charge < -0.3 is 15.0 Å². The van der Waals surface area contributed by atoms with Crippen LogP contribution in [0.25, 0.3) is 0 Å². The largest absolute Gasteiger partial charge is 0.493 e. The van der Waals surface area contributed by atoms with Crippen LogP contribution in [0.3, 0.4) is 0 Å². The molecule has 98 valence electrons. The van der Waals surface area contributed by atoms with Gasteiger partial charge in [-0.05, 0) is 44.1 Å². The van der Waals surface area contributed by atoms with E-state index in [0.717, 1.165) is 44.2 Å². The van der Waals surface area contributed by atoms with Gasteiger partial charge in [-0.2, -0.15) is 0 Å². The lowest BCUT2D eigenvalue weighted by Crippen LogP contribution is -2.48. The van der Waals surface area contributed by atoms with Crippen LogP contribution in [0, 0.1) is 5.92 Å². The Kier molecular flexibility index (Phi) is 3.27. The number of ether oxygens (including phenoxy) is 1. The summed E-state index contributed by atoms with van der Waals surface area (Å²) in [5.74, 6) is 1.83. The van der Waals surface area contributed by atoms with Crippen molar-refractivity contribution in [2.75, 3.05) is 33.8 Å². The molecule has 1 aromatic carbocycles. The van der Waals surface area contributed by atoms with Crippen LogP contribution in [-0.4, -0.2) is 38.7 Å². The normalized spacial score (nSPS) is 21.1. The second-order valence-electron chi connectivity index (χ2n) is 5.65. The molecule has 2 aliphatic heterocycles. The molecule has 2 aliphatic rings. The SMILES string of the molecule is CN(C)C(c1ccc2c(c1)CCCO2)C1CNC1. The Morgan fingerprint density at radius 2 is 2.17 bits per heavy atom. The van der Waals surface area contributed by atoms with Gasteiger partial charge in [0.25, 0.3) is 0 Å². The minimum absolute atomic E-state index is 0.526. The zero-order chi connectivity index (χ0) is 12.5. The summed E-state index contributed by atoms with van der Waals surface area (Å²) in [5, 5.41) is 3.38. The Morgan fingerprint density at radius 3 is 2.83 bits per heavy atom. The van der Waals surface area contributed by atoms with Crippen LogP contribution < -0.4 is 10.1 Å². The summed E-state index contributed by atoms with van der Waals surface area (Å²) in [7, 11) is 4.36. The molecule has 0 aromatic heterocycles. The first-order valence-electron chi connectivity index (χ1n) is 6.88. The van der Waals surface area contributed by atoms with E-state index in [1.165, 1.54) is 11.1 Å². The molecule has 0 aliphatic carbocycles. The number of nitrogens with one attached hydrogen (secondary N) is 1. The fraction of sp³-hybridized carbons (Fsp3) is 0.600. The molecule has 3 nitrogen and oxygen atoms in total. The molecular formula is C15H22N2O. The summed E-state index contributed by atoms with van der Waals surface area (Å²) in [4.78, 5) is 2.34. The van der Waals surface area contributed by atoms with E-state index in [0.29, 0.717) is 6.04 Å². The van der Waals surface area contributed by atoms with E-state index in [1.807, 2.05) is 0 Å². The number of fused-ring (bicyclic) bond motifs is 1. The minimum Gasteiger partial charge on any atom is -0.493 e. The van der Waals surface area contributed by atoms with Crippen LogP contribution in [0.1, 0.15) is 23.6 Å². The third kappa shape index (κ3) is 2.13. The fourth-order valence-corrected chi connectivity index (χ4v) is 3.09. The molecule has 1 atom stereocenters. The van der Waals surface area contributed by atoms with Gasteiger partial charge in [-0.25, -0.2) is 0 Å². The van der Waals surface area contributed by atoms with Crippen molar-refractivity contribution in [2.45, 2.75) is 18.9 Å². The average molecular weight is 246 g/mol. The first kappa shape index (κ1) is 12.0. The van der Waals surface area contributed by atoms with Crippen molar-refractivity contribution in [1.82, 2.24) is 10.2 Å². The quantitative estimate of drug-likeness (QED) is 0.880. The van der Waals surface area contributed by atoms with Crippen molar-refractivity contribution >= 4 is 0 Å². The maximum atomic E-state index is 5.69. The number of nitrogens with zero attached hydrogens (tertiary/aromatic N) is 1. The van der Waals surface area contributed by atoms with Crippen LogP contribution in [0.4, 0.5) is 0 Å². The highest BCUT2D eigenvalue weighted by atomic mass is 16.5. The molecule has 1 unspecified atom stereocenters. The number of hydrogen-bond donors (Lipinski definition) is 1. The van der Waals surface area contributed by atoms with Crippen molar-refractivity contribution in [1.29, 1.82) is 0 Å². The molecular weight excluding hydrogens is 224 g/mol. The van der Waals surface area contributed by atoms with Gasteiger partial charge in [0.1, 0.15) is 5.75 Å². The van der Waals surface area contributed by atoms with Crippen LogP contribution in [0.15, 0.2) is 18.2 Å². The number of rotatable bonds is 3.